The molecule has 0 radical (unpaired) electrons. The highest BCUT2D eigenvalue weighted by Gasteiger charge is 2.15. The van der Waals surface area contributed by atoms with E-state index in [2.05, 4.69) is 28.7 Å². The Kier molecular flexibility index (Phi) is 3.89. The van der Waals surface area contributed by atoms with Gasteiger partial charge >= 0.3 is 0 Å². The SMILES string of the molecule is Oc1cccc(CC2CCCCC2)c1I. The predicted octanol–water partition coefficient (Wildman–Crippen LogP) is 4.12. The fourth-order valence-corrected chi connectivity index (χ4v) is 3.01. The van der Waals surface area contributed by atoms with Crippen LogP contribution < -0.4 is 0 Å². The molecule has 1 N–H and O–H groups in total. The number of hydrogen-bond acceptors (Lipinski definition) is 1. The predicted molar refractivity (Wildman–Crippen MR) is 71.1 cm³/mol. The van der Waals surface area contributed by atoms with Crippen molar-refractivity contribution in [3.8, 4) is 5.75 Å². The minimum absolute atomic E-state index is 0.434. The summed E-state index contributed by atoms with van der Waals surface area (Å²) >= 11 is 2.25. The highest BCUT2D eigenvalue weighted by Crippen LogP contribution is 2.30. The Labute approximate surface area is 105 Å². The molecule has 1 aromatic carbocycles. The Bertz CT molecular complexity index is 329. The van der Waals surface area contributed by atoms with Crippen LogP contribution >= 0.6 is 22.6 Å². The second-order valence-corrected chi connectivity index (χ2v) is 5.54. The largest absolute Gasteiger partial charge is 0.507 e. The van der Waals surface area contributed by atoms with Gasteiger partial charge in [-0.25, -0.2) is 0 Å². The first-order chi connectivity index (χ1) is 7.27. The van der Waals surface area contributed by atoms with E-state index in [9.17, 15) is 5.11 Å². The van der Waals surface area contributed by atoms with Crippen LogP contribution in [0.3, 0.4) is 0 Å². The Morgan fingerprint density at radius 3 is 2.67 bits per heavy atom. The minimum Gasteiger partial charge on any atom is -0.507 e. The average molecular weight is 316 g/mol. The first-order valence-corrected chi connectivity index (χ1v) is 6.81. The van der Waals surface area contributed by atoms with Crippen molar-refractivity contribution in [3.05, 3.63) is 27.3 Å². The Balaban J connectivity index is 2.06. The van der Waals surface area contributed by atoms with Crippen LogP contribution in [0.1, 0.15) is 37.7 Å². The molecule has 1 fully saturated rings. The molecule has 1 saturated carbocycles. The van der Waals surface area contributed by atoms with Gasteiger partial charge in [0, 0.05) is 0 Å². The third-order valence-electron chi connectivity index (χ3n) is 3.29. The van der Waals surface area contributed by atoms with Crippen LogP contribution in [0.15, 0.2) is 18.2 Å². The molecule has 0 saturated heterocycles. The quantitative estimate of drug-likeness (QED) is 0.814. The van der Waals surface area contributed by atoms with Gasteiger partial charge in [-0.15, -0.1) is 0 Å². The third kappa shape index (κ3) is 2.86. The molecule has 82 valence electrons. The van der Waals surface area contributed by atoms with E-state index in [-0.39, 0.29) is 0 Å². The topological polar surface area (TPSA) is 20.2 Å². The molecule has 0 unspecified atom stereocenters. The van der Waals surface area contributed by atoms with E-state index in [1.807, 2.05) is 6.07 Å². The standard InChI is InChI=1S/C13H17IO/c14-13-11(7-4-8-12(13)15)9-10-5-2-1-3-6-10/h4,7-8,10,15H,1-3,5-6,9H2. The molecule has 0 aliphatic heterocycles. The summed E-state index contributed by atoms with van der Waals surface area (Å²) in [6.07, 6.45) is 8.07. The van der Waals surface area contributed by atoms with Crippen molar-refractivity contribution in [2.45, 2.75) is 38.5 Å². The summed E-state index contributed by atoms with van der Waals surface area (Å²) in [7, 11) is 0. The van der Waals surface area contributed by atoms with Crippen LogP contribution in [0, 0.1) is 9.49 Å². The van der Waals surface area contributed by atoms with Gasteiger partial charge in [-0.05, 0) is 46.6 Å². The number of hydrogen-bond donors (Lipinski definition) is 1. The smallest absolute Gasteiger partial charge is 0.129 e. The maximum absolute atomic E-state index is 9.62. The lowest BCUT2D eigenvalue weighted by Gasteiger charge is -2.22. The number of rotatable bonds is 2. The van der Waals surface area contributed by atoms with E-state index >= 15 is 0 Å². The fraction of sp³-hybridized carbons (Fsp3) is 0.538. The normalized spacial score (nSPS) is 17.9. The minimum atomic E-state index is 0.434. The van der Waals surface area contributed by atoms with E-state index < -0.39 is 0 Å². The van der Waals surface area contributed by atoms with Crippen molar-refractivity contribution in [1.82, 2.24) is 0 Å². The van der Waals surface area contributed by atoms with Gasteiger partial charge in [0.25, 0.3) is 0 Å². The molecule has 1 nitrogen and oxygen atoms in total. The number of aromatic hydroxyl groups is 1. The van der Waals surface area contributed by atoms with Gasteiger partial charge in [0.1, 0.15) is 5.75 Å². The lowest BCUT2D eigenvalue weighted by Crippen LogP contribution is -2.09. The second kappa shape index (κ2) is 5.19. The van der Waals surface area contributed by atoms with Gasteiger partial charge in [0.15, 0.2) is 0 Å². The van der Waals surface area contributed by atoms with Crippen LogP contribution in [-0.4, -0.2) is 5.11 Å². The van der Waals surface area contributed by atoms with Crippen LogP contribution in [0.25, 0.3) is 0 Å². The van der Waals surface area contributed by atoms with Crippen molar-refractivity contribution in [2.24, 2.45) is 5.92 Å². The summed E-state index contributed by atoms with van der Waals surface area (Å²) in [6, 6.07) is 5.87. The van der Waals surface area contributed by atoms with E-state index in [1.54, 1.807) is 6.07 Å². The molecule has 0 heterocycles. The molecular weight excluding hydrogens is 299 g/mol. The monoisotopic (exact) mass is 316 g/mol. The number of phenolic OH excluding ortho intramolecular Hbond substituents is 1. The van der Waals surface area contributed by atoms with E-state index in [0.717, 1.165) is 15.9 Å². The number of halogens is 1. The summed E-state index contributed by atoms with van der Waals surface area (Å²) in [4.78, 5) is 0. The molecule has 0 amide bonds. The van der Waals surface area contributed by atoms with E-state index in [0.29, 0.717) is 5.75 Å². The first kappa shape index (κ1) is 11.2. The number of phenols is 1. The van der Waals surface area contributed by atoms with Gasteiger partial charge in [0.05, 0.1) is 3.57 Å². The highest BCUT2D eigenvalue weighted by molar-refractivity contribution is 14.1. The van der Waals surface area contributed by atoms with Crippen molar-refractivity contribution in [2.75, 3.05) is 0 Å². The molecule has 0 bridgehead atoms. The highest BCUT2D eigenvalue weighted by atomic mass is 127. The van der Waals surface area contributed by atoms with Crippen LogP contribution in [0.4, 0.5) is 0 Å². The molecule has 0 aromatic heterocycles. The van der Waals surface area contributed by atoms with Gasteiger partial charge in [-0.2, -0.15) is 0 Å². The molecule has 1 aliphatic carbocycles. The summed E-state index contributed by atoms with van der Waals surface area (Å²) in [5.41, 5.74) is 1.32. The van der Waals surface area contributed by atoms with Crippen molar-refractivity contribution in [3.63, 3.8) is 0 Å². The Morgan fingerprint density at radius 2 is 1.93 bits per heavy atom. The zero-order chi connectivity index (χ0) is 10.7. The molecule has 2 rings (SSSR count). The van der Waals surface area contributed by atoms with Crippen LogP contribution in [0.5, 0.6) is 5.75 Å². The zero-order valence-electron chi connectivity index (χ0n) is 8.88. The van der Waals surface area contributed by atoms with Crippen molar-refractivity contribution in [1.29, 1.82) is 0 Å². The van der Waals surface area contributed by atoms with E-state index in [4.69, 9.17) is 0 Å². The fourth-order valence-electron chi connectivity index (χ4n) is 2.43. The van der Waals surface area contributed by atoms with Gasteiger partial charge in [0.2, 0.25) is 0 Å². The average Bonchev–Trinajstić information content (AvgIpc) is 2.26. The molecule has 2 heteroatoms. The van der Waals surface area contributed by atoms with Crippen molar-refractivity contribution >= 4 is 22.6 Å². The summed E-state index contributed by atoms with van der Waals surface area (Å²) < 4.78 is 1.04. The zero-order valence-corrected chi connectivity index (χ0v) is 11.0. The maximum atomic E-state index is 9.62. The second-order valence-electron chi connectivity index (χ2n) is 4.46. The number of benzene rings is 1. The van der Waals surface area contributed by atoms with Gasteiger partial charge < -0.3 is 5.11 Å². The summed E-state index contributed by atoms with van der Waals surface area (Å²) in [6.45, 7) is 0. The summed E-state index contributed by atoms with van der Waals surface area (Å²) in [5, 5.41) is 9.62. The molecular formula is C13H17IO. The Morgan fingerprint density at radius 1 is 1.20 bits per heavy atom. The third-order valence-corrected chi connectivity index (χ3v) is 4.54. The molecule has 1 aromatic rings. The molecule has 15 heavy (non-hydrogen) atoms. The van der Waals surface area contributed by atoms with Gasteiger partial charge in [-0.1, -0.05) is 44.2 Å². The van der Waals surface area contributed by atoms with Crippen LogP contribution in [0.2, 0.25) is 0 Å². The maximum Gasteiger partial charge on any atom is 0.129 e. The van der Waals surface area contributed by atoms with Gasteiger partial charge in [-0.3, -0.25) is 0 Å². The lowest BCUT2D eigenvalue weighted by molar-refractivity contribution is 0.355. The molecule has 0 spiro atoms. The molecule has 0 atom stereocenters. The lowest BCUT2D eigenvalue weighted by atomic mass is 9.85. The van der Waals surface area contributed by atoms with E-state index in [1.165, 1.54) is 37.7 Å². The molecule has 1 aliphatic rings. The first-order valence-electron chi connectivity index (χ1n) is 5.73. The van der Waals surface area contributed by atoms with Crippen molar-refractivity contribution < 1.29 is 5.11 Å². The van der Waals surface area contributed by atoms with Crippen LogP contribution in [-0.2, 0) is 6.42 Å². The summed E-state index contributed by atoms with van der Waals surface area (Å²) in [5.74, 6) is 1.28. The Hall–Kier alpha value is -0.250.